The van der Waals surface area contributed by atoms with Crippen LogP contribution >= 0.6 is 0 Å². The first kappa shape index (κ1) is 47.3. The SMILES string of the molecule is O=C(CCC12CC3(CCC(=O)NCCc4ccc(O)c(O)c4)CC(CCC(=O)NCCc4ccc(O)c(O)c4)(C1)CC(NC(=O)OCc1ccccc1)(C2)C3)NCCc1ccc(O)c(O)c1. The maximum Gasteiger partial charge on any atom is 0.407 e. The fourth-order valence-electron chi connectivity index (χ4n) is 11.8. The van der Waals surface area contributed by atoms with Crippen molar-refractivity contribution in [1.82, 2.24) is 21.3 Å². The fraction of sp³-hybridized carbons (Fsp3) is 0.451. The summed E-state index contributed by atoms with van der Waals surface area (Å²) in [5.74, 6) is -1.73. The molecule has 0 radical (unpaired) electrons. The first-order valence-corrected chi connectivity index (χ1v) is 22.9. The van der Waals surface area contributed by atoms with E-state index in [2.05, 4.69) is 21.3 Å². The quantitative estimate of drug-likeness (QED) is 0.0397. The second kappa shape index (κ2) is 20.3. The first-order chi connectivity index (χ1) is 31.5. The Balaban J connectivity index is 1.08. The van der Waals surface area contributed by atoms with Crippen molar-refractivity contribution >= 4 is 23.8 Å². The van der Waals surface area contributed by atoms with Crippen LogP contribution in [0.1, 0.15) is 99.3 Å². The molecular formula is C51H62N4O11. The van der Waals surface area contributed by atoms with Crippen molar-refractivity contribution in [3.63, 3.8) is 0 Å². The van der Waals surface area contributed by atoms with E-state index in [1.807, 2.05) is 30.3 Å². The second-order valence-corrected chi connectivity index (χ2v) is 19.3. The van der Waals surface area contributed by atoms with E-state index >= 15 is 0 Å². The zero-order chi connectivity index (χ0) is 47.0. The smallest absolute Gasteiger partial charge is 0.407 e. The zero-order valence-corrected chi connectivity index (χ0v) is 37.2. The minimum atomic E-state index is -0.728. The first-order valence-electron chi connectivity index (χ1n) is 22.9. The van der Waals surface area contributed by atoms with Crippen molar-refractivity contribution in [2.24, 2.45) is 16.2 Å². The third kappa shape index (κ3) is 12.2. The number of amides is 4. The van der Waals surface area contributed by atoms with Crippen molar-refractivity contribution in [2.45, 2.75) is 108 Å². The molecule has 4 saturated carbocycles. The molecule has 15 nitrogen and oxygen atoms in total. The molecule has 0 spiro atoms. The van der Waals surface area contributed by atoms with Crippen molar-refractivity contribution in [3.05, 3.63) is 107 Å². The average molecular weight is 907 g/mol. The van der Waals surface area contributed by atoms with E-state index in [-0.39, 0.29) is 78.1 Å². The lowest BCUT2D eigenvalue weighted by atomic mass is 9.35. The number of phenols is 6. The number of alkyl carbamates (subject to hydrolysis) is 1. The molecule has 0 heterocycles. The van der Waals surface area contributed by atoms with Crippen LogP contribution in [-0.4, -0.2) is 79.6 Å². The van der Waals surface area contributed by atoms with E-state index < -0.39 is 27.9 Å². The number of aromatic hydroxyl groups is 6. The van der Waals surface area contributed by atoms with E-state index in [1.165, 1.54) is 36.4 Å². The summed E-state index contributed by atoms with van der Waals surface area (Å²) in [6.07, 6.45) is 7.15. The van der Waals surface area contributed by atoms with Crippen molar-refractivity contribution in [2.75, 3.05) is 19.6 Å². The van der Waals surface area contributed by atoms with Gasteiger partial charge in [0.05, 0.1) is 0 Å². The third-order valence-corrected chi connectivity index (χ3v) is 13.9. The zero-order valence-electron chi connectivity index (χ0n) is 37.2. The Morgan fingerprint density at radius 2 is 0.818 bits per heavy atom. The molecule has 4 aromatic rings. The van der Waals surface area contributed by atoms with Gasteiger partial charge in [-0.25, -0.2) is 4.79 Å². The number of benzene rings is 4. The number of rotatable bonds is 21. The highest BCUT2D eigenvalue weighted by molar-refractivity contribution is 5.77. The van der Waals surface area contributed by atoms with E-state index in [0.717, 1.165) is 41.5 Å². The maximum atomic E-state index is 13.8. The summed E-state index contributed by atoms with van der Waals surface area (Å²) in [5.41, 5.74) is 1.18. The Morgan fingerprint density at radius 1 is 0.455 bits per heavy atom. The van der Waals surface area contributed by atoms with Gasteiger partial charge in [-0.3, -0.25) is 14.4 Å². The van der Waals surface area contributed by atoms with Gasteiger partial charge < -0.3 is 56.6 Å². The summed E-state index contributed by atoms with van der Waals surface area (Å²) in [4.78, 5) is 54.4. The van der Waals surface area contributed by atoms with E-state index in [9.17, 15) is 49.8 Å². The number of ether oxygens (including phenoxy) is 1. The molecule has 0 aromatic heterocycles. The largest absolute Gasteiger partial charge is 0.504 e. The lowest BCUT2D eigenvalue weighted by Gasteiger charge is -2.71. The maximum absolute atomic E-state index is 13.8. The normalized spacial score (nSPS) is 22.6. The topological polar surface area (TPSA) is 247 Å². The van der Waals surface area contributed by atoms with Gasteiger partial charge in [0.2, 0.25) is 17.7 Å². The number of carbonyl (C=O) groups is 4. The van der Waals surface area contributed by atoms with Crippen molar-refractivity contribution < 1.29 is 54.6 Å². The minimum Gasteiger partial charge on any atom is -0.504 e. The molecule has 4 fully saturated rings. The van der Waals surface area contributed by atoms with Crippen LogP contribution in [0, 0.1) is 16.2 Å². The highest BCUT2D eigenvalue weighted by atomic mass is 16.5. The summed E-state index contributed by atoms with van der Waals surface area (Å²) < 4.78 is 5.81. The molecular weight excluding hydrogens is 845 g/mol. The number of phenolic OH excluding ortho intramolecular Hbond substituents is 6. The minimum absolute atomic E-state index is 0.0853. The molecule has 10 N–H and O–H groups in total. The second-order valence-electron chi connectivity index (χ2n) is 19.3. The molecule has 15 heteroatoms. The molecule has 8 rings (SSSR count). The molecule has 0 unspecified atom stereocenters. The highest BCUT2D eigenvalue weighted by Gasteiger charge is 2.68. The molecule has 0 atom stereocenters. The Kier molecular flexibility index (Phi) is 14.5. The molecule has 352 valence electrons. The summed E-state index contributed by atoms with van der Waals surface area (Å²) in [6.45, 7) is 1.07. The number of hydrogen-bond acceptors (Lipinski definition) is 11. The average Bonchev–Trinajstić information content (AvgIpc) is 3.27. The molecule has 4 aromatic carbocycles. The van der Waals surface area contributed by atoms with Crippen LogP contribution < -0.4 is 21.3 Å². The number of carbonyl (C=O) groups excluding carboxylic acids is 4. The standard InChI is InChI=1S/C51H62N4O11/c56-38-9-6-34(24-41(38)59)15-21-52-44(62)12-18-48-28-49(19-13-45(63)53-22-16-35-7-10-39(57)42(60)25-35)30-50(29-48,20-14-46(64)54-23-17-36-8-11-40(58)43(61)26-36)33-51(31-48,32-49)55-47(65)66-27-37-4-2-1-3-5-37/h1-11,24-26,56-61H,12-23,27-33H2,(H,52,62)(H,53,63)(H,54,64)(H,55,65). The molecule has 0 aliphatic heterocycles. The molecule has 4 amide bonds. The van der Waals surface area contributed by atoms with Crippen LogP contribution in [0.5, 0.6) is 34.5 Å². The highest BCUT2D eigenvalue weighted by Crippen LogP contribution is 2.74. The van der Waals surface area contributed by atoms with Gasteiger partial charge in [0.1, 0.15) is 6.61 Å². The fourth-order valence-corrected chi connectivity index (χ4v) is 11.8. The van der Waals surface area contributed by atoms with Gasteiger partial charge in [0.25, 0.3) is 0 Å². The van der Waals surface area contributed by atoms with E-state index in [0.29, 0.717) is 77.4 Å². The Morgan fingerprint density at radius 3 is 1.17 bits per heavy atom. The lowest BCUT2D eigenvalue weighted by Crippen LogP contribution is -2.69. The van der Waals surface area contributed by atoms with Gasteiger partial charge in [-0.2, -0.15) is 0 Å². The van der Waals surface area contributed by atoms with Gasteiger partial charge >= 0.3 is 6.09 Å². The van der Waals surface area contributed by atoms with Crippen LogP contribution in [0.4, 0.5) is 4.79 Å². The van der Waals surface area contributed by atoms with Crippen LogP contribution in [0.25, 0.3) is 0 Å². The van der Waals surface area contributed by atoms with E-state index in [1.54, 1.807) is 18.2 Å². The molecule has 66 heavy (non-hydrogen) atoms. The molecule has 4 bridgehead atoms. The summed E-state index contributed by atoms with van der Waals surface area (Å²) in [5, 5.41) is 71.3. The lowest BCUT2D eigenvalue weighted by molar-refractivity contribution is -0.186. The van der Waals surface area contributed by atoms with Crippen molar-refractivity contribution in [1.29, 1.82) is 0 Å². The third-order valence-electron chi connectivity index (χ3n) is 13.9. The Bertz CT molecular complexity index is 2170. The van der Waals surface area contributed by atoms with Crippen LogP contribution in [0.3, 0.4) is 0 Å². The van der Waals surface area contributed by atoms with Gasteiger partial charge in [-0.15, -0.1) is 0 Å². The van der Waals surface area contributed by atoms with Crippen LogP contribution in [-0.2, 0) is 45.0 Å². The Labute approximate surface area is 384 Å². The van der Waals surface area contributed by atoms with Gasteiger partial charge in [-0.1, -0.05) is 48.5 Å². The van der Waals surface area contributed by atoms with Crippen molar-refractivity contribution in [3.8, 4) is 34.5 Å². The summed E-state index contributed by atoms with van der Waals surface area (Å²) in [6, 6.07) is 23.1. The Hall–Kier alpha value is -6.64. The van der Waals surface area contributed by atoms with E-state index in [4.69, 9.17) is 4.74 Å². The number of hydrogen-bond donors (Lipinski definition) is 10. The predicted molar refractivity (Wildman–Crippen MR) is 245 cm³/mol. The van der Waals surface area contributed by atoms with Gasteiger partial charge in [0.15, 0.2) is 34.5 Å². The predicted octanol–water partition coefficient (Wildman–Crippen LogP) is 6.64. The van der Waals surface area contributed by atoms with Gasteiger partial charge in [0, 0.05) is 44.4 Å². The van der Waals surface area contributed by atoms with Gasteiger partial charge in [-0.05, 0) is 152 Å². The van der Waals surface area contributed by atoms with Crippen LogP contribution in [0.2, 0.25) is 0 Å². The molecule has 0 saturated heterocycles. The molecule has 4 aliphatic carbocycles. The summed E-state index contributed by atoms with van der Waals surface area (Å²) in [7, 11) is 0. The monoisotopic (exact) mass is 906 g/mol. The number of nitrogens with one attached hydrogen (secondary N) is 4. The van der Waals surface area contributed by atoms with Crippen LogP contribution in [0.15, 0.2) is 84.9 Å². The summed E-state index contributed by atoms with van der Waals surface area (Å²) >= 11 is 0. The molecule has 4 aliphatic rings.